The second-order valence-corrected chi connectivity index (χ2v) is 4.56. The monoisotopic (exact) mass is 205 g/mol. The quantitative estimate of drug-likeness (QED) is 0.771. The summed E-state index contributed by atoms with van der Waals surface area (Å²) in [6, 6.07) is 11.7. The van der Waals surface area contributed by atoms with Gasteiger partial charge in [0, 0.05) is 12.1 Å². The molecule has 0 heterocycles. The van der Waals surface area contributed by atoms with E-state index in [9.17, 15) is 0 Å². The summed E-state index contributed by atoms with van der Waals surface area (Å²) in [4.78, 5) is 0. The second-order valence-electron chi connectivity index (χ2n) is 4.56. The molecule has 0 fully saturated rings. The minimum atomic E-state index is 0.443. The molecule has 0 spiro atoms. The molecule has 0 saturated heterocycles. The van der Waals surface area contributed by atoms with Gasteiger partial charge < -0.3 is 5.32 Å². The Hall–Kier alpha value is -0.820. The molecule has 1 aromatic rings. The van der Waals surface area contributed by atoms with Gasteiger partial charge in [0.25, 0.3) is 0 Å². The molecular formula is C14H23N. The van der Waals surface area contributed by atoms with Crippen molar-refractivity contribution in [2.45, 2.75) is 46.2 Å². The zero-order chi connectivity index (χ0) is 11.3. The minimum absolute atomic E-state index is 0.443. The third kappa shape index (κ3) is 3.67. The van der Waals surface area contributed by atoms with Crippen LogP contribution in [0.3, 0.4) is 0 Å². The number of rotatable bonds is 5. The van der Waals surface area contributed by atoms with Crippen molar-refractivity contribution < 1.29 is 0 Å². The van der Waals surface area contributed by atoms with Gasteiger partial charge in [-0.25, -0.2) is 0 Å². The van der Waals surface area contributed by atoms with Crippen LogP contribution in [0, 0.1) is 5.92 Å². The first-order valence-electron chi connectivity index (χ1n) is 5.96. The third-order valence-corrected chi connectivity index (χ3v) is 3.01. The molecule has 1 rings (SSSR count). The highest BCUT2D eigenvalue weighted by Gasteiger charge is 2.14. The van der Waals surface area contributed by atoms with Gasteiger partial charge in [-0.05, 0) is 24.8 Å². The standard InChI is InChI=1S/C14H23N/c1-5-14(11(2)3)15-12(4)13-9-7-6-8-10-13/h6-12,14-15H,5H2,1-4H3/t12-,14-/m1/s1. The van der Waals surface area contributed by atoms with Crippen molar-refractivity contribution in [1.29, 1.82) is 0 Å². The van der Waals surface area contributed by atoms with Crippen LogP contribution < -0.4 is 5.32 Å². The van der Waals surface area contributed by atoms with E-state index in [0.29, 0.717) is 18.0 Å². The van der Waals surface area contributed by atoms with Crippen molar-refractivity contribution in [2.75, 3.05) is 0 Å². The van der Waals surface area contributed by atoms with Crippen LogP contribution in [0.25, 0.3) is 0 Å². The second kappa shape index (κ2) is 5.92. The fraction of sp³-hybridized carbons (Fsp3) is 0.571. The Balaban J connectivity index is 2.58. The average Bonchev–Trinajstić information content (AvgIpc) is 2.26. The van der Waals surface area contributed by atoms with Gasteiger partial charge in [0.15, 0.2) is 0 Å². The molecule has 0 aliphatic rings. The maximum absolute atomic E-state index is 3.68. The number of hydrogen-bond donors (Lipinski definition) is 1. The van der Waals surface area contributed by atoms with Crippen LogP contribution in [0.1, 0.15) is 45.7 Å². The molecule has 0 radical (unpaired) electrons. The predicted molar refractivity (Wildman–Crippen MR) is 66.9 cm³/mol. The van der Waals surface area contributed by atoms with E-state index in [1.54, 1.807) is 0 Å². The van der Waals surface area contributed by atoms with Crippen LogP contribution in [0.15, 0.2) is 30.3 Å². The van der Waals surface area contributed by atoms with Gasteiger partial charge in [-0.15, -0.1) is 0 Å². The molecule has 0 aliphatic carbocycles. The Kier molecular flexibility index (Phi) is 4.83. The Morgan fingerprint density at radius 3 is 2.13 bits per heavy atom. The number of hydrogen-bond acceptors (Lipinski definition) is 1. The highest BCUT2D eigenvalue weighted by atomic mass is 14.9. The summed E-state index contributed by atoms with van der Waals surface area (Å²) in [5.41, 5.74) is 1.37. The lowest BCUT2D eigenvalue weighted by molar-refractivity contribution is 0.356. The third-order valence-electron chi connectivity index (χ3n) is 3.01. The fourth-order valence-electron chi connectivity index (χ4n) is 1.94. The number of benzene rings is 1. The van der Waals surface area contributed by atoms with E-state index in [4.69, 9.17) is 0 Å². The molecule has 0 aliphatic heterocycles. The zero-order valence-electron chi connectivity index (χ0n) is 10.3. The van der Waals surface area contributed by atoms with Crippen molar-refractivity contribution in [3.63, 3.8) is 0 Å². The van der Waals surface area contributed by atoms with Crippen molar-refractivity contribution in [2.24, 2.45) is 5.92 Å². The average molecular weight is 205 g/mol. The molecule has 0 aromatic heterocycles. The first-order valence-corrected chi connectivity index (χ1v) is 5.96. The molecule has 1 aromatic carbocycles. The lowest BCUT2D eigenvalue weighted by Gasteiger charge is -2.25. The SMILES string of the molecule is CC[C@@H](N[C@H](C)c1ccccc1)C(C)C. The summed E-state index contributed by atoms with van der Waals surface area (Å²) < 4.78 is 0. The molecular weight excluding hydrogens is 182 g/mol. The van der Waals surface area contributed by atoms with Gasteiger partial charge in [-0.1, -0.05) is 51.1 Å². The summed E-state index contributed by atoms with van der Waals surface area (Å²) >= 11 is 0. The van der Waals surface area contributed by atoms with E-state index < -0.39 is 0 Å². The first-order chi connectivity index (χ1) is 7.15. The van der Waals surface area contributed by atoms with Gasteiger partial charge in [0.1, 0.15) is 0 Å². The predicted octanol–water partition coefficient (Wildman–Crippen LogP) is 3.77. The topological polar surface area (TPSA) is 12.0 Å². The van der Waals surface area contributed by atoms with Gasteiger partial charge in [-0.2, -0.15) is 0 Å². The Morgan fingerprint density at radius 1 is 1.07 bits per heavy atom. The summed E-state index contributed by atoms with van der Waals surface area (Å²) in [5, 5.41) is 3.68. The Bertz CT molecular complexity index is 266. The minimum Gasteiger partial charge on any atom is -0.307 e. The first kappa shape index (κ1) is 12.3. The lowest BCUT2D eigenvalue weighted by Crippen LogP contribution is -2.35. The van der Waals surface area contributed by atoms with Crippen molar-refractivity contribution in [3.05, 3.63) is 35.9 Å². The molecule has 2 atom stereocenters. The van der Waals surface area contributed by atoms with Crippen molar-refractivity contribution in [3.8, 4) is 0 Å². The maximum Gasteiger partial charge on any atom is 0.0294 e. The molecule has 15 heavy (non-hydrogen) atoms. The van der Waals surface area contributed by atoms with Gasteiger partial charge in [0.05, 0.1) is 0 Å². The van der Waals surface area contributed by atoms with E-state index in [2.05, 4.69) is 63.3 Å². The van der Waals surface area contributed by atoms with Crippen LogP contribution in [-0.4, -0.2) is 6.04 Å². The van der Waals surface area contributed by atoms with Crippen LogP contribution in [0.4, 0.5) is 0 Å². The van der Waals surface area contributed by atoms with E-state index in [-0.39, 0.29) is 0 Å². The van der Waals surface area contributed by atoms with Gasteiger partial charge in [0.2, 0.25) is 0 Å². The lowest BCUT2D eigenvalue weighted by atomic mass is 9.99. The van der Waals surface area contributed by atoms with Gasteiger partial charge >= 0.3 is 0 Å². The molecule has 1 heteroatoms. The highest BCUT2D eigenvalue weighted by Crippen LogP contribution is 2.15. The van der Waals surface area contributed by atoms with Crippen molar-refractivity contribution >= 4 is 0 Å². The molecule has 1 N–H and O–H groups in total. The summed E-state index contributed by atoms with van der Waals surface area (Å²) in [6.07, 6.45) is 1.19. The molecule has 0 saturated carbocycles. The van der Waals surface area contributed by atoms with E-state index in [1.807, 2.05) is 0 Å². The van der Waals surface area contributed by atoms with Crippen molar-refractivity contribution in [1.82, 2.24) is 5.32 Å². The van der Waals surface area contributed by atoms with E-state index in [1.165, 1.54) is 12.0 Å². The normalized spacial score (nSPS) is 15.3. The zero-order valence-corrected chi connectivity index (χ0v) is 10.3. The smallest absolute Gasteiger partial charge is 0.0294 e. The van der Waals surface area contributed by atoms with Crippen LogP contribution in [0.5, 0.6) is 0 Å². The van der Waals surface area contributed by atoms with Crippen LogP contribution in [-0.2, 0) is 0 Å². The Labute approximate surface area is 93.9 Å². The molecule has 0 unspecified atom stereocenters. The van der Waals surface area contributed by atoms with Gasteiger partial charge in [-0.3, -0.25) is 0 Å². The van der Waals surface area contributed by atoms with Crippen LogP contribution in [0.2, 0.25) is 0 Å². The van der Waals surface area contributed by atoms with Crippen LogP contribution >= 0.6 is 0 Å². The highest BCUT2D eigenvalue weighted by molar-refractivity contribution is 5.18. The number of nitrogens with one attached hydrogen (secondary N) is 1. The fourth-order valence-corrected chi connectivity index (χ4v) is 1.94. The molecule has 1 nitrogen and oxygen atoms in total. The summed E-state index contributed by atoms with van der Waals surface area (Å²) in [6.45, 7) is 9.04. The van der Waals surface area contributed by atoms with E-state index in [0.717, 1.165) is 0 Å². The largest absolute Gasteiger partial charge is 0.307 e. The molecule has 0 bridgehead atoms. The Morgan fingerprint density at radius 2 is 1.67 bits per heavy atom. The molecule has 84 valence electrons. The molecule has 0 amide bonds. The summed E-state index contributed by atoms with van der Waals surface area (Å²) in [7, 11) is 0. The summed E-state index contributed by atoms with van der Waals surface area (Å²) in [5.74, 6) is 0.696. The van der Waals surface area contributed by atoms with E-state index >= 15 is 0 Å². The maximum atomic E-state index is 3.68.